The maximum atomic E-state index is 9.42. The number of nitrogens with one attached hydrogen (secondary N) is 1. The minimum atomic E-state index is -0.532. The highest BCUT2D eigenvalue weighted by Crippen LogP contribution is 2.38. The van der Waals surface area contributed by atoms with Crippen molar-refractivity contribution in [1.29, 1.82) is 0 Å². The average molecular weight is 284 g/mol. The molecule has 106 valence electrons. The molecule has 4 heteroatoms. The molecule has 0 saturated heterocycles. The number of aliphatic hydroxyl groups excluding tert-OH is 2. The standard InChI is InChI=1S/C15H22ClNO2/c1-2-15(9-18,10-19)17-14-7-12(8-14)11-3-5-13(16)6-4-11/h3-6,12,14,17-19H,2,7-10H2,1H3. The van der Waals surface area contributed by atoms with E-state index in [2.05, 4.69) is 17.4 Å². The largest absolute Gasteiger partial charge is 0.394 e. The lowest BCUT2D eigenvalue weighted by atomic mass is 9.74. The first-order valence-electron chi connectivity index (χ1n) is 6.87. The van der Waals surface area contributed by atoms with Gasteiger partial charge in [-0.15, -0.1) is 0 Å². The van der Waals surface area contributed by atoms with Crippen LogP contribution in [0.5, 0.6) is 0 Å². The first-order chi connectivity index (χ1) is 9.12. The van der Waals surface area contributed by atoms with Gasteiger partial charge in [-0.2, -0.15) is 0 Å². The molecule has 1 fully saturated rings. The van der Waals surface area contributed by atoms with Crippen molar-refractivity contribution >= 4 is 11.6 Å². The Labute approximate surface area is 119 Å². The lowest BCUT2D eigenvalue weighted by Gasteiger charge is -2.43. The molecule has 0 atom stereocenters. The van der Waals surface area contributed by atoms with E-state index in [1.54, 1.807) is 0 Å². The van der Waals surface area contributed by atoms with E-state index >= 15 is 0 Å². The number of rotatable bonds is 6. The molecule has 0 aromatic heterocycles. The molecule has 0 spiro atoms. The van der Waals surface area contributed by atoms with Crippen molar-refractivity contribution in [3.05, 3.63) is 34.9 Å². The second kappa shape index (κ2) is 6.23. The lowest BCUT2D eigenvalue weighted by molar-refractivity contribution is 0.0627. The van der Waals surface area contributed by atoms with Crippen molar-refractivity contribution in [2.24, 2.45) is 0 Å². The summed E-state index contributed by atoms with van der Waals surface area (Å²) in [6, 6.07) is 8.38. The van der Waals surface area contributed by atoms with Crippen LogP contribution in [0.4, 0.5) is 0 Å². The van der Waals surface area contributed by atoms with Crippen LogP contribution in [0.25, 0.3) is 0 Å². The van der Waals surface area contributed by atoms with Gasteiger partial charge in [0.05, 0.1) is 18.8 Å². The molecule has 3 N–H and O–H groups in total. The Morgan fingerprint density at radius 3 is 2.26 bits per heavy atom. The fraction of sp³-hybridized carbons (Fsp3) is 0.600. The molecule has 1 saturated carbocycles. The Kier molecular flexibility index (Phi) is 4.85. The van der Waals surface area contributed by atoms with Gasteiger partial charge in [-0.3, -0.25) is 0 Å². The molecule has 1 aliphatic rings. The van der Waals surface area contributed by atoms with Crippen LogP contribution in [0.2, 0.25) is 5.02 Å². The monoisotopic (exact) mass is 283 g/mol. The zero-order valence-corrected chi connectivity index (χ0v) is 12.0. The van der Waals surface area contributed by atoms with Crippen LogP contribution in [-0.4, -0.2) is 35.0 Å². The van der Waals surface area contributed by atoms with Gasteiger partial charge < -0.3 is 15.5 Å². The summed E-state index contributed by atoms with van der Waals surface area (Å²) in [5.74, 6) is 0.557. The van der Waals surface area contributed by atoms with Crippen LogP contribution < -0.4 is 5.32 Å². The number of benzene rings is 1. The zero-order valence-electron chi connectivity index (χ0n) is 11.3. The van der Waals surface area contributed by atoms with Gasteiger partial charge in [-0.1, -0.05) is 30.7 Å². The Balaban J connectivity index is 1.87. The van der Waals surface area contributed by atoms with E-state index in [0.29, 0.717) is 12.0 Å². The summed E-state index contributed by atoms with van der Waals surface area (Å²) in [6.45, 7) is 1.93. The van der Waals surface area contributed by atoms with E-state index in [4.69, 9.17) is 11.6 Å². The first-order valence-corrected chi connectivity index (χ1v) is 7.25. The van der Waals surface area contributed by atoms with Crippen LogP contribution in [-0.2, 0) is 0 Å². The summed E-state index contributed by atoms with van der Waals surface area (Å²) >= 11 is 5.88. The molecule has 0 heterocycles. The fourth-order valence-corrected chi connectivity index (χ4v) is 2.77. The van der Waals surface area contributed by atoms with Gasteiger partial charge in [-0.25, -0.2) is 0 Å². The molecule has 1 aliphatic carbocycles. The highest BCUT2D eigenvalue weighted by Gasteiger charge is 2.36. The van der Waals surface area contributed by atoms with Gasteiger partial charge in [-0.05, 0) is 42.9 Å². The predicted octanol–water partition coefficient (Wildman–Crippen LogP) is 2.31. The highest BCUT2D eigenvalue weighted by molar-refractivity contribution is 6.30. The second-order valence-corrected chi connectivity index (χ2v) is 5.95. The van der Waals surface area contributed by atoms with Gasteiger partial charge in [0.15, 0.2) is 0 Å². The molecule has 19 heavy (non-hydrogen) atoms. The summed E-state index contributed by atoms with van der Waals surface area (Å²) < 4.78 is 0. The van der Waals surface area contributed by atoms with Crippen LogP contribution in [0.1, 0.15) is 37.7 Å². The molecule has 1 aromatic rings. The average Bonchev–Trinajstić information content (AvgIpc) is 2.40. The number of halogens is 1. The molecular formula is C15H22ClNO2. The normalized spacial score (nSPS) is 23.2. The number of hydrogen-bond donors (Lipinski definition) is 3. The summed E-state index contributed by atoms with van der Waals surface area (Å²) in [6.07, 6.45) is 2.81. The van der Waals surface area contributed by atoms with Crippen molar-refractivity contribution in [2.45, 2.75) is 43.7 Å². The van der Waals surface area contributed by atoms with Crippen molar-refractivity contribution in [3.63, 3.8) is 0 Å². The predicted molar refractivity (Wildman–Crippen MR) is 77.5 cm³/mol. The van der Waals surface area contributed by atoms with Gasteiger partial charge >= 0.3 is 0 Å². The van der Waals surface area contributed by atoms with E-state index in [9.17, 15) is 10.2 Å². The lowest BCUT2D eigenvalue weighted by Crippen LogP contribution is -2.58. The van der Waals surface area contributed by atoms with Crippen LogP contribution in [0.3, 0.4) is 0 Å². The topological polar surface area (TPSA) is 52.5 Å². The van der Waals surface area contributed by atoms with Crippen molar-refractivity contribution in [2.75, 3.05) is 13.2 Å². The smallest absolute Gasteiger partial charge is 0.0647 e. The Morgan fingerprint density at radius 1 is 1.21 bits per heavy atom. The quantitative estimate of drug-likeness (QED) is 0.751. The minimum absolute atomic E-state index is 0.0257. The minimum Gasteiger partial charge on any atom is -0.394 e. The summed E-state index contributed by atoms with van der Waals surface area (Å²) in [5.41, 5.74) is 0.785. The van der Waals surface area contributed by atoms with Gasteiger partial charge in [0.1, 0.15) is 0 Å². The molecule has 3 nitrogen and oxygen atoms in total. The molecule has 0 aliphatic heterocycles. The third-order valence-electron chi connectivity index (χ3n) is 4.27. The molecular weight excluding hydrogens is 262 g/mol. The first kappa shape index (κ1) is 14.8. The fourth-order valence-electron chi connectivity index (χ4n) is 2.64. The molecule has 2 rings (SSSR count). The molecule has 0 bridgehead atoms. The zero-order chi connectivity index (χ0) is 13.9. The van der Waals surface area contributed by atoms with Crippen molar-refractivity contribution in [3.8, 4) is 0 Å². The van der Waals surface area contributed by atoms with E-state index in [1.165, 1.54) is 5.56 Å². The maximum absolute atomic E-state index is 9.42. The number of hydrogen-bond acceptors (Lipinski definition) is 3. The van der Waals surface area contributed by atoms with E-state index in [1.807, 2.05) is 19.1 Å². The van der Waals surface area contributed by atoms with Crippen molar-refractivity contribution < 1.29 is 10.2 Å². The van der Waals surface area contributed by atoms with Crippen LogP contribution in [0.15, 0.2) is 24.3 Å². The van der Waals surface area contributed by atoms with E-state index in [-0.39, 0.29) is 13.2 Å². The summed E-state index contributed by atoms with van der Waals surface area (Å²) in [7, 11) is 0. The maximum Gasteiger partial charge on any atom is 0.0647 e. The van der Waals surface area contributed by atoms with Crippen molar-refractivity contribution in [1.82, 2.24) is 5.32 Å². The Bertz CT molecular complexity index is 389. The number of aliphatic hydroxyl groups is 2. The van der Waals surface area contributed by atoms with E-state index < -0.39 is 5.54 Å². The van der Waals surface area contributed by atoms with Crippen LogP contribution >= 0.6 is 11.6 Å². The second-order valence-electron chi connectivity index (χ2n) is 5.51. The molecule has 0 unspecified atom stereocenters. The third-order valence-corrected chi connectivity index (χ3v) is 4.52. The Morgan fingerprint density at radius 2 is 1.79 bits per heavy atom. The van der Waals surface area contributed by atoms with Gasteiger partial charge in [0, 0.05) is 11.1 Å². The molecule has 0 amide bonds. The summed E-state index contributed by atoms with van der Waals surface area (Å²) in [5, 5.41) is 23.0. The van der Waals surface area contributed by atoms with Crippen LogP contribution in [0, 0.1) is 0 Å². The Hall–Kier alpha value is -0.610. The highest BCUT2D eigenvalue weighted by atomic mass is 35.5. The molecule has 1 aromatic carbocycles. The third kappa shape index (κ3) is 3.29. The summed E-state index contributed by atoms with van der Waals surface area (Å²) in [4.78, 5) is 0. The van der Waals surface area contributed by atoms with Gasteiger partial charge in [0.2, 0.25) is 0 Å². The van der Waals surface area contributed by atoms with E-state index in [0.717, 1.165) is 24.3 Å². The SMILES string of the molecule is CCC(CO)(CO)NC1CC(c2ccc(Cl)cc2)C1. The molecule has 0 radical (unpaired) electrons. The van der Waals surface area contributed by atoms with Gasteiger partial charge in [0.25, 0.3) is 0 Å².